The Bertz CT molecular complexity index is 381. The monoisotopic (exact) mass is 240 g/mol. The van der Waals surface area contributed by atoms with Gasteiger partial charge >= 0.3 is 0 Å². The van der Waals surface area contributed by atoms with E-state index in [2.05, 4.69) is 0 Å². The van der Waals surface area contributed by atoms with E-state index < -0.39 is 11.9 Å². The van der Waals surface area contributed by atoms with Crippen LogP contribution in [-0.2, 0) is 6.61 Å². The lowest BCUT2D eigenvalue weighted by Crippen LogP contribution is -2.34. The fraction of sp³-hybridized carbons (Fsp3) is 0.538. The first-order chi connectivity index (χ1) is 8.20. The van der Waals surface area contributed by atoms with E-state index in [9.17, 15) is 9.50 Å². The van der Waals surface area contributed by atoms with Crippen molar-refractivity contribution in [2.24, 2.45) is 0 Å². The molecule has 2 rings (SSSR count). The van der Waals surface area contributed by atoms with E-state index in [4.69, 9.17) is 9.84 Å². The molecular weight excluding hydrogens is 223 g/mol. The van der Waals surface area contributed by atoms with E-state index >= 15 is 0 Å². The van der Waals surface area contributed by atoms with Crippen molar-refractivity contribution < 1.29 is 19.3 Å². The van der Waals surface area contributed by atoms with E-state index in [-0.39, 0.29) is 18.5 Å². The molecule has 1 saturated carbocycles. The van der Waals surface area contributed by atoms with Crippen molar-refractivity contribution in [3.05, 3.63) is 29.6 Å². The Morgan fingerprint density at radius 1 is 1.29 bits per heavy atom. The maximum absolute atomic E-state index is 13.6. The molecule has 2 N–H and O–H groups in total. The Kier molecular flexibility index (Phi) is 3.97. The van der Waals surface area contributed by atoms with Crippen molar-refractivity contribution in [2.75, 3.05) is 0 Å². The van der Waals surface area contributed by atoms with Gasteiger partial charge < -0.3 is 14.9 Å². The third-order valence-electron chi connectivity index (χ3n) is 3.12. The van der Waals surface area contributed by atoms with Crippen molar-refractivity contribution in [1.82, 2.24) is 0 Å². The lowest BCUT2D eigenvalue weighted by molar-refractivity contribution is 0.00496. The summed E-state index contributed by atoms with van der Waals surface area (Å²) in [5, 5.41) is 18.6. The second kappa shape index (κ2) is 5.47. The van der Waals surface area contributed by atoms with Gasteiger partial charge in [-0.15, -0.1) is 0 Å². The molecule has 94 valence electrons. The van der Waals surface area contributed by atoms with Crippen molar-refractivity contribution in [2.45, 2.75) is 44.5 Å². The van der Waals surface area contributed by atoms with Crippen LogP contribution < -0.4 is 4.74 Å². The molecule has 1 aromatic carbocycles. The predicted octanol–water partition coefficient (Wildman–Crippen LogP) is 2.00. The van der Waals surface area contributed by atoms with E-state index in [1.54, 1.807) is 6.07 Å². The maximum atomic E-state index is 13.6. The molecule has 0 radical (unpaired) electrons. The zero-order valence-corrected chi connectivity index (χ0v) is 9.60. The molecule has 17 heavy (non-hydrogen) atoms. The smallest absolute Gasteiger partial charge is 0.165 e. The molecule has 0 heterocycles. The Balaban J connectivity index is 2.07. The minimum absolute atomic E-state index is 0.146. The molecule has 0 bridgehead atoms. The highest BCUT2D eigenvalue weighted by atomic mass is 19.1. The molecule has 1 aliphatic carbocycles. The molecule has 0 aliphatic heterocycles. The van der Waals surface area contributed by atoms with Crippen LogP contribution in [0.4, 0.5) is 4.39 Å². The Morgan fingerprint density at radius 3 is 2.71 bits per heavy atom. The van der Waals surface area contributed by atoms with Crippen molar-refractivity contribution >= 4 is 0 Å². The van der Waals surface area contributed by atoms with Gasteiger partial charge in [0.15, 0.2) is 11.6 Å². The second-order valence-electron chi connectivity index (χ2n) is 4.43. The van der Waals surface area contributed by atoms with Gasteiger partial charge in [-0.3, -0.25) is 0 Å². The summed E-state index contributed by atoms with van der Waals surface area (Å²) in [7, 11) is 0. The number of ether oxygens (including phenoxy) is 1. The molecule has 3 nitrogen and oxygen atoms in total. The van der Waals surface area contributed by atoms with Gasteiger partial charge in [-0.1, -0.05) is 12.5 Å². The highest BCUT2D eigenvalue weighted by Crippen LogP contribution is 2.26. The zero-order chi connectivity index (χ0) is 12.3. The topological polar surface area (TPSA) is 49.7 Å². The Morgan fingerprint density at radius 2 is 2.06 bits per heavy atom. The summed E-state index contributed by atoms with van der Waals surface area (Å²) in [5.74, 6) is -0.345. The van der Waals surface area contributed by atoms with Gasteiger partial charge in [0.1, 0.15) is 6.10 Å². The van der Waals surface area contributed by atoms with E-state index in [1.165, 1.54) is 12.1 Å². The number of rotatable bonds is 3. The van der Waals surface area contributed by atoms with E-state index in [0.29, 0.717) is 12.0 Å². The minimum Gasteiger partial charge on any atom is -0.485 e. The van der Waals surface area contributed by atoms with Crippen molar-refractivity contribution in [1.29, 1.82) is 0 Å². The van der Waals surface area contributed by atoms with Crippen LogP contribution >= 0.6 is 0 Å². The number of aliphatic hydroxyl groups is 2. The standard InChI is InChI=1S/C13H17FO3/c14-10-7-9(8-15)5-6-12(10)17-13-4-2-1-3-11(13)16/h5-7,11,13,15-16H,1-4,8H2. The summed E-state index contributed by atoms with van der Waals surface area (Å²) in [5.41, 5.74) is 0.513. The average molecular weight is 240 g/mol. The van der Waals surface area contributed by atoms with Gasteiger partial charge in [0.25, 0.3) is 0 Å². The molecule has 4 heteroatoms. The first-order valence-corrected chi connectivity index (χ1v) is 5.94. The van der Waals surface area contributed by atoms with E-state index in [1.807, 2.05) is 0 Å². The molecule has 0 aromatic heterocycles. The van der Waals surface area contributed by atoms with Gasteiger partial charge in [0.05, 0.1) is 12.7 Å². The van der Waals surface area contributed by atoms with Crippen LogP contribution in [0.1, 0.15) is 31.2 Å². The lowest BCUT2D eigenvalue weighted by atomic mass is 9.95. The molecule has 1 aromatic rings. The van der Waals surface area contributed by atoms with Crippen LogP contribution in [0.3, 0.4) is 0 Å². The van der Waals surface area contributed by atoms with Crippen molar-refractivity contribution in [3.63, 3.8) is 0 Å². The molecule has 0 amide bonds. The lowest BCUT2D eigenvalue weighted by Gasteiger charge is -2.28. The SMILES string of the molecule is OCc1ccc(OC2CCCCC2O)c(F)c1. The Hall–Kier alpha value is -1.13. The minimum atomic E-state index is -0.513. The zero-order valence-electron chi connectivity index (χ0n) is 9.60. The number of hydrogen-bond acceptors (Lipinski definition) is 3. The predicted molar refractivity (Wildman–Crippen MR) is 61.2 cm³/mol. The van der Waals surface area contributed by atoms with Gasteiger partial charge in [0, 0.05) is 0 Å². The van der Waals surface area contributed by atoms with Gasteiger partial charge in [-0.25, -0.2) is 4.39 Å². The van der Waals surface area contributed by atoms with Crippen LogP contribution in [-0.4, -0.2) is 22.4 Å². The molecule has 0 spiro atoms. The van der Waals surface area contributed by atoms with E-state index in [0.717, 1.165) is 19.3 Å². The number of aliphatic hydroxyl groups excluding tert-OH is 2. The van der Waals surface area contributed by atoms with Gasteiger partial charge in [-0.05, 0) is 37.0 Å². The van der Waals surface area contributed by atoms with Gasteiger partial charge in [0.2, 0.25) is 0 Å². The molecule has 2 unspecified atom stereocenters. The third-order valence-corrected chi connectivity index (χ3v) is 3.12. The Labute approximate surface area is 99.8 Å². The number of halogens is 1. The molecule has 0 saturated heterocycles. The van der Waals surface area contributed by atoms with Crippen LogP contribution in [0, 0.1) is 5.82 Å². The summed E-state index contributed by atoms with van der Waals surface area (Å²) in [4.78, 5) is 0. The highest BCUT2D eigenvalue weighted by molar-refractivity contribution is 5.29. The summed E-state index contributed by atoms with van der Waals surface area (Å²) >= 11 is 0. The quantitative estimate of drug-likeness (QED) is 0.849. The number of hydrogen-bond donors (Lipinski definition) is 2. The second-order valence-corrected chi connectivity index (χ2v) is 4.43. The number of benzene rings is 1. The van der Waals surface area contributed by atoms with Gasteiger partial charge in [-0.2, -0.15) is 0 Å². The molecule has 1 fully saturated rings. The largest absolute Gasteiger partial charge is 0.485 e. The summed E-state index contributed by atoms with van der Waals surface area (Å²) in [6.45, 7) is -0.191. The highest BCUT2D eigenvalue weighted by Gasteiger charge is 2.25. The normalized spacial score (nSPS) is 24.6. The van der Waals surface area contributed by atoms with Crippen LogP contribution in [0.25, 0.3) is 0 Å². The first-order valence-electron chi connectivity index (χ1n) is 5.94. The molecule has 1 aliphatic rings. The van der Waals surface area contributed by atoms with Crippen molar-refractivity contribution in [3.8, 4) is 5.75 Å². The third kappa shape index (κ3) is 2.96. The summed E-state index contributed by atoms with van der Waals surface area (Å²) in [6.07, 6.45) is 2.62. The maximum Gasteiger partial charge on any atom is 0.165 e. The average Bonchev–Trinajstić information content (AvgIpc) is 2.34. The van der Waals surface area contributed by atoms with Crippen LogP contribution in [0.15, 0.2) is 18.2 Å². The summed E-state index contributed by atoms with van der Waals surface area (Å²) in [6, 6.07) is 4.38. The fourth-order valence-corrected chi connectivity index (χ4v) is 2.12. The molecule has 2 atom stereocenters. The summed E-state index contributed by atoms with van der Waals surface area (Å²) < 4.78 is 19.1. The first kappa shape index (κ1) is 12.3. The van der Waals surface area contributed by atoms with Crippen LogP contribution in [0.5, 0.6) is 5.75 Å². The molecular formula is C13H17FO3. The fourth-order valence-electron chi connectivity index (χ4n) is 2.12. The van der Waals surface area contributed by atoms with Crippen LogP contribution in [0.2, 0.25) is 0 Å².